The van der Waals surface area contributed by atoms with Crippen molar-refractivity contribution in [2.75, 3.05) is 26.2 Å². The Hall–Kier alpha value is -2.04. The van der Waals surface area contributed by atoms with E-state index in [1.165, 1.54) is 5.56 Å². The van der Waals surface area contributed by atoms with Gasteiger partial charge in [0.15, 0.2) is 6.61 Å². The van der Waals surface area contributed by atoms with E-state index in [2.05, 4.69) is 19.2 Å². The maximum Gasteiger partial charge on any atom is 0.260 e. The van der Waals surface area contributed by atoms with Crippen LogP contribution in [0, 0.1) is 5.92 Å². The lowest BCUT2D eigenvalue weighted by Gasteiger charge is -2.31. The quantitative estimate of drug-likeness (QED) is 0.826. The highest BCUT2D eigenvalue weighted by atomic mass is 16.5. The van der Waals surface area contributed by atoms with E-state index in [1.807, 2.05) is 31.2 Å². The number of carbonyl (C=O) groups excluding carboxylic acids is 2. The SMILES string of the molecule is CCCNC(=O)C1CCN(C(=O)COc2ccc(C(C)C)cc2)CC1. The summed E-state index contributed by atoms with van der Waals surface area (Å²) in [7, 11) is 0. The third kappa shape index (κ3) is 5.76. The molecular formula is C20H30N2O3. The molecule has 2 rings (SSSR count). The van der Waals surface area contributed by atoms with Crippen molar-refractivity contribution in [1.29, 1.82) is 0 Å². The van der Waals surface area contributed by atoms with Crippen LogP contribution < -0.4 is 10.1 Å². The van der Waals surface area contributed by atoms with Gasteiger partial charge in [0, 0.05) is 25.6 Å². The van der Waals surface area contributed by atoms with E-state index in [-0.39, 0.29) is 24.3 Å². The minimum Gasteiger partial charge on any atom is -0.484 e. The maximum atomic E-state index is 12.3. The largest absolute Gasteiger partial charge is 0.484 e. The van der Waals surface area contributed by atoms with Crippen LogP contribution in [0.3, 0.4) is 0 Å². The summed E-state index contributed by atoms with van der Waals surface area (Å²) in [5.41, 5.74) is 1.25. The first-order valence-corrected chi connectivity index (χ1v) is 9.29. The Bertz CT molecular complexity index is 561. The molecule has 0 spiro atoms. The highest BCUT2D eigenvalue weighted by Gasteiger charge is 2.27. The second-order valence-corrected chi connectivity index (χ2v) is 6.96. The molecule has 5 heteroatoms. The second-order valence-electron chi connectivity index (χ2n) is 6.96. The Balaban J connectivity index is 1.74. The molecule has 1 aliphatic heterocycles. The summed E-state index contributed by atoms with van der Waals surface area (Å²) in [5, 5.41) is 2.94. The number of piperidine rings is 1. The zero-order valence-corrected chi connectivity index (χ0v) is 15.6. The molecule has 0 aromatic heterocycles. The lowest BCUT2D eigenvalue weighted by atomic mass is 9.96. The molecule has 0 saturated carbocycles. The third-order valence-corrected chi connectivity index (χ3v) is 4.68. The molecule has 0 radical (unpaired) electrons. The van der Waals surface area contributed by atoms with Crippen molar-refractivity contribution in [3.05, 3.63) is 29.8 Å². The molecule has 25 heavy (non-hydrogen) atoms. The minimum atomic E-state index is -0.0136. The predicted molar refractivity (Wildman–Crippen MR) is 98.6 cm³/mol. The monoisotopic (exact) mass is 346 g/mol. The Morgan fingerprint density at radius 3 is 2.40 bits per heavy atom. The number of nitrogens with one attached hydrogen (secondary N) is 1. The van der Waals surface area contributed by atoms with E-state index in [9.17, 15) is 9.59 Å². The van der Waals surface area contributed by atoms with Gasteiger partial charge in [-0.2, -0.15) is 0 Å². The van der Waals surface area contributed by atoms with Crippen molar-refractivity contribution in [3.63, 3.8) is 0 Å². The lowest BCUT2D eigenvalue weighted by Crippen LogP contribution is -2.44. The van der Waals surface area contributed by atoms with Crippen LogP contribution in [-0.4, -0.2) is 43.0 Å². The first-order chi connectivity index (χ1) is 12.0. The van der Waals surface area contributed by atoms with Crippen LogP contribution in [0.4, 0.5) is 0 Å². The van der Waals surface area contributed by atoms with Crippen LogP contribution in [0.1, 0.15) is 51.5 Å². The first-order valence-electron chi connectivity index (χ1n) is 9.29. The number of hydrogen-bond acceptors (Lipinski definition) is 3. The Labute approximate surface area is 150 Å². The normalized spacial score (nSPS) is 15.3. The molecule has 0 bridgehead atoms. The molecule has 1 aromatic rings. The number of ether oxygens (including phenoxy) is 1. The van der Waals surface area contributed by atoms with Gasteiger partial charge in [-0.3, -0.25) is 9.59 Å². The highest BCUT2D eigenvalue weighted by Crippen LogP contribution is 2.20. The number of rotatable bonds is 7. The van der Waals surface area contributed by atoms with Crippen molar-refractivity contribution in [1.82, 2.24) is 10.2 Å². The van der Waals surface area contributed by atoms with Gasteiger partial charge in [0.05, 0.1) is 0 Å². The Morgan fingerprint density at radius 1 is 1.20 bits per heavy atom. The van der Waals surface area contributed by atoms with Crippen LogP contribution in [0.25, 0.3) is 0 Å². The fourth-order valence-corrected chi connectivity index (χ4v) is 2.97. The standard InChI is InChI=1S/C20H30N2O3/c1-4-11-21-20(24)17-9-12-22(13-10-17)19(23)14-25-18-7-5-16(6-8-18)15(2)3/h5-8,15,17H,4,9-14H2,1-3H3,(H,21,24). The molecule has 2 amide bonds. The van der Waals surface area contributed by atoms with Gasteiger partial charge in [0.2, 0.25) is 5.91 Å². The number of amides is 2. The van der Waals surface area contributed by atoms with Crippen molar-refractivity contribution in [2.24, 2.45) is 5.92 Å². The fourth-order valence-electron chi connectivity index (χ4n) is 2.97. The zero-order valence-electron chi connectivity index (χ0n) is 15.6. The summed E-state index contributed by atoms with van der Waals surface area (Å²) in [6.07, 6.45) is 2.40. The van der Waals surface area contributed by atoms with Crippen LogP contribution in [0.2, 0.25) is 0 Å². The van der Waals surface area contributed by atoms with Crippen LogP contribution in [0.5, 0.6) is 5.75 Å². The molecular weight excluding hydrogens is 316 g/mol. The first kappa shape index (κ1) is 19.3. The number of likely N-dealkylation sites (tertiary alicyclic amines) is 1. The summed E-state index contributed by atoms with van der Waals surface area (Å²) in [6.45, 7) is 8.35. The van der Waals surface area contributed by atoms with E-state index in [0.717, 1.165) is 25.8 Å². The summed E-state index contributed by atoms with van der Waals surface area (Å²) >= 11 is 0. The van der Waals surface area contributed by atoms with Gasteiger partial charge in [-0.15, -0.1) is 0 Å². The van der Waals surface area contributed by atoms with E-state index < -0.39 is 0 Å². The predicted octanol–water partition coefficient (Wildman–Crippen LogP) is 2.95. The summed E-state index contributed by atoms with van der Waals surface area (Å²) in [6, 6.07) is 7.88. The molecule has 1 saturated heterocycles. The van der Waals surface area contributed by atoms with E-state index in [1.54, 1.807) is 4.90 Å². The van der Waals surface area contributed by atoms with Gasteiger partial charge >= 0.3 is 0 Å². The van der Waals surface area contributed by atoms with Crippen molar-refractivity contribution < 1.29 is 14.3 Å². The van der Waals surface area contributed by atoms with Gasteiger partial charge in [-0.1, -0.05) is 32.9 Å². The lowest BCUT2D eigenvalue weighted by molar-refractivity contribution is -0.137. The Morgan fingerprint density at radius 2 is 1.84 bits per heavy atom. The second kappa shape index (κ2) is 9.44. The number of hydrogen-bond donors (Lipinski definition) is 1. The average Bonchev–Trinajstić information content (AvgIpc) is 2.64. The van der Waals surface area contributed by atoms with E-state index in [4.69, 9.17) is 4.74 Å². The molecule has 138 valence electrons. The van der Waals surface area contributed by atoms with Crippen molar-refractivity contribution in [3.8, 4) is 5.75 Å². The summed E-state index contributed by atoms with van der Waals surface area (Å²) in [5.74, 6) is 1.33. The zero-order chi connectivity index (χ0) is 18.2. The number of nitrogens with zero attached hydrogens (tertiary/aromatic N) is 1. The van der Waals surface area contributed by atoms with Gasteiger partial charge in [-0.05, 0) is 42.9 Å². The Kier molecular flexibility index (Phi) is 7.29. The molecule has 0 aliphatic carbocycles. The van der Waals surface area contributed by atoms with Crippen molar-refractivity contribution >= 4 is 11.8 Å². The minimum absolute atomic E-state index is 0.0136. The molecule has 5 nitrogen and oxygen atoms in total. The molecule has 1 N–H and O–H groups in total. The summed E-state index contributed by atoms with van der Waals surface area (Å²) in [4.78, 5) is 26.1. The van der Waals surface area contributed by atoms with Crippen LogP contribution in [-0.2, 0) is 9.59 Å². The fraction of sp³-hybridized carbons (Fsp3) is 0.600. The van der Waals surface area contributed by atoms with Crippen molar-refractivity contribution in [2.45, 2.75) is 46.0 Å². The number of benzene rings is 1. The average molecular weight is 346 g/mol. The van der Waals surface area contributed by atoms with Crippen LogP contribution >= 0.6 is 0 Å². The highest BCUT2D eigenvalue weighted by molar-refractivity contribution is 5.80. The van der Waals surface area contributed by atoms with Crippen LogP contribution in [0.15, 0.2) is 24.3 Å². The van der Waals surface area contributed by atoms with Gasteiger partial charge < -0.3 is 15.0 Å². The molecule has 1 heterocycles. The third-order valence-electron chi connectivity index (χ3n) is 4.68. The molecule has 1 fully saturated rings. The molecule has 1 aromatic carbocycles. The van der Waals surface area contributed by atoms with Gasteiger partial charge in [-0.25, -0.2) is 0 Å². The van der Waals surface area contributed by atoms with Gasteiger partial charge in [0.25, 0.3) is 5.91 Å². The summed E-state index contributed by atoms with van der Waals surface area (Å²) < 4.78 is 5.61. The number of carbonyl (C=O) groups is 2. The topological polar surface area (TPSA) is 58.6 Å². The molecule has 1 aliphatic rings. The molecule has 0 atom stereocenters. The smallest absolute Gasteiger partial charge is 0.260 e. The molecule has 0 unspecified atom stereocenters. The van der Waals surface area contributed by atoms with Gasteiger partial charge in [0.1, 0.15) is 5.75 Å². The maximum absolute atomic E-state index is 12.3. The van der Waals surface area contributed by atoms with E-state index >= 15 is 0 Å². The van der Waals surface area contributed by atoms with E-state index in [0.29, 0.717) is 24.8 Å².